The van der Waals surface area contributed by atoms with Gasteiger partial charge in [0, 0.05) is 44.1 Å². The van der Waals surface area contributed by atoms with E-state index in [1.54, 1.807) is 23.9 Å². The summed E-state index contributed by atoms with van der Waals surface area (Å²) < 4.78 is 0. The van der Waals surface area contributed by atoms with Crippen LogP contribution in [0.1, 0.15) is 53.0 Å². The molecule has 1 aliphatic carbocycles. The fourth-order valence-corrected chi connectivity index (χ4v) is 7.27. The van der Waals surface area contributed by atoms with E-state index in [0.29, 0.717) is 50.6 Å². The highest BCUT2D eigenvalue weighted by molar-refractivity contribution is 7.98. The fourth-order valence-electron chi connectivity index (χ4n) is 5.54. The number of nitrogens with two attached hydrogens (primary N) is 1. The molecule has 4 nitrogen and oxygen atoms in total. The van der Waals surface area contributed by atoms with Crippen LogP contribution < -0.4 is 10.6 Å². The van der Waals surface area contributed by atoms with Crippen molar-refractivity contribution in [2.75, 3.05) is 4.90 Å². The molecule has 204 valence electrons. The van der Waals surface area contributed by atoms with Crippen LogP contribution in [0.4, 0.5) is 5.69 Å². The molecule has 0 fully saturated rings. The summed E-state index contributed by atoms with van der Waals surface area (Å²) >= 11 is 20.7. The second-order valence-electron chi connectivity index (χ2n) is 10.2. The van der Waals surface area contributed by atoms with E-state index in [1.807, 2.05) is 43.0 Å². The summed E-state index contributed by atoms with van der Waals surface area (Å²) in [4.78, 5) is 16.4. The lowest BCUT2D eigenvalue weighted by atomic mass is 9.74. The molecule has 2 N–H and O–H groups in total. The second-order valence-corrected chi connectivity index (χ2v) is 12.5. The number of carbonyl (C=O) groups excluding carboxylic acids is 1. The van der Waals surface area contributed by atoms with Gasteiger partial charge in [0.2, 0.25) is 0 Å². The Morgan fingerprint density at radius 2 is 1.75 bits per heavy atom. The molecular weight excluding hydrogens is 581 g/mol. The van der Waals surface area contributed by atoms with E-state index in [9.17, 15) is 10.1 Å². The van der Waals surface area contributed by atoms with Gasteiger partial charge in [-0.1, -0.05) is 53.0 Å². The number of thioether (sulfide) groups is 1. The summed E-state index contributed by atoms with van der Waals surface area (Å²) in [6.45, 7) is 6.03. The molecule has 0 aromatic heterocycles. The van der Waals surface area contributed by atoms with E-state index < -0.39 is 5.92 Å². The molecule has 1 atom stereocenters. The van der Waals surface area contributed by atoms with Crippen LogP contribution in [-0.2, 0) is 10.5 Å². The number of halogens is 3. The maximum Gasteiger partial charge on any atom is 0.161 e. The van der Waals surface area contributed by atoms with Crippen LogP contribution in [0, 0.1) is 32.1 Å². The van der Waals surface area contributed by atoms with Gasteiger partial charge in [-0.25, -0.2) is 0 Å². The van der Waals surface area contributed by atoms with Crippen LogP contribution in [0.3, 0.4) is 0 Å². The van der Waals surface area contributed by atoms with Gasteiger partial charge in [-0.2, -0.15) is 5.26 Å². The number of ketones is 1. The van der Waals surface area contributed by atoms with E-state index >= 15 is 0 Å². The average Bonchev–Trinajstić information content (AvgIpc) is 2.91. The first kappa shape index (κ1) is 28.6. The first-order valence-electron chi connectivity index (χ1n) is 13.0. The first-order valence-corrected chi connectivity index (χ1v) is 15.1. The number of anilines is 1. The molecule has 0 saturated carbocycles. The van der Waals surface area contributed by atoms with Crippen molar-refractivity contribution in [2.45, 2.75) is 56.6 Å². The molecule has 3 aromatic carbocycles. The van der Waals surface area contributed by atoms with E-state index in [-0.39, 0.29) is 5.78 Å². The van der Waals surface area contributed by atoms with Crippen molar-refractivity contribution in [3.63, 3.8) is 0 Å². The third-order valence-corrected chi connectivity index (χ3v) is 9.83. The largest absolute Gasteiger partial charge is 0.384 e. The van der Waals surface area contributed by atoms with Gasteiger partial charge in [-0.15, -0.1) is 11.8 Å². The Hall–Kier alpha value is -2.88. The summed E-state index contributed by atoms with van der Waals surface area (Å²) in [7, 11) is 0. The molecule has 3 aromatic rings. The third-order valence-electron chi connectivity index (χ3n) is 7.64. The summed E-state index contributed by atoms with van der Waals surface area (Å²) in [6, 6.07) is 17.7. The Morgan fingerprint density at radius 3 is 2.48 bits per heavy atom. The van der Waals surface area contributed by atoms with Crippen molar-refractivity contribution in [3.05, 3.63) is 114 Å². The molecule has 0 spiro atoms. The minimum Gasteiger partial charge on any atom is -0.384 e. The Bertz CT molecular complexity index is 1650. The van der Waals surface area contributed by atoms with Crippen molar-refractivity contribution >= 4 is 58.0 Å². The van der Waals surface area contributed by atoms with Crippen LogP contribution in [0.25, 0.3) is 0 Å². The highest BCUT2D eigenvalue weighted by Crippen LogP contribution is 2.48. The molecule has 0 bridgehead atoms. The maximum atomic E-state index is 13.6. The van der Waals surface area contributed by atoms with Gasteiger partial charge in [0.15, 0.2) is 5.78 Å². The van der Waals surface area contributed by atoms with Crippen molar-refractivity contribution in [2.24, 2.45) is 5.73 Å². The van der Waals surface area contributed by atoms with E-state index in [0.717, 1.165) is 50.5 Å². The van der Waals surface area contributed by atoms with Crippen molar-refractivity contribution in [1.82, 2.24) is 0 Å². The lowest BCUT2D eigenvalue weighted by molar-refractivity contribution is -0.116. The SMILES string of the molecule is Cc1ccc(N2C(N)=C(C#N)C(c3cc(CSc4cc(Cl)ccc4Cl)c(C)cc3C)C3=C2CCCC3=O)cc1Cl. The fraction of sp³-hybridized carbons (Fsp3) is 0.250. The third kappa shape index (κ3) is 5.27. The average molecular weight is 609 g/mol. The van der Waals surface area contributed by atoms with Crippen LogP contribution >= 0.6 is 46.6 Å². The second kappa shape index (κ2) is 11.5. The number of rotatable bonds is 5. The molecule has 1 unspecified atom stereocenters. The van der Waals surface area contributed by atoms with Gasteiger partial charge in [0.05, 0.1) is 22.6 Å². The van der Waals surface area contributed by atoms with E-state index in [1.165, 1.54) is 0 Å². The Balaban J connectivity index is 1.63. The molecule has 1 aliphatic heterocycles. The van der Waals surface area contributed by atoms with E-state index in [2.05, 4.69) is 25.1 Å². The number of Topliss-reactive ketones (excluding diaryl/α,β-unsaturated/α-hetero) is 1. The lowest BCUT2D eigenvalue weighted by Crippen LogP contribution is -2.39. The van der Waals surface area contributed by atoms with Gasteiger partial charge < -0.3 is 5.73 Å². The number of benzene rings is 3. The van der Waals surface area contributed by atoms with Crippen molar-refractivity contribution in [1.29, 1.82) is 5.26 Å². The molecule has 5 rings (SSSR count). The zero-order chi connectivity index (χ0) is 28.7. The van der Waals surface area contributed by atoms with Crippen LogP contribution in [0.15, 0.2) is 76.1 Å². The Kier molecular flexibility index (Phi) is 8.27. The maximum absolute atomic E-state index is 13.6. The highest BCUT2D eigenvalue weighted by Gasteiger charge is 2.41. The predicted octanol–water partition coefficient (Wildman–Crippen LogP) is 9.17. The molecule has 1 heterocycles. The zero-order valence-corrected chi connectivity index (χ0v) is 25.5. The van der Waals surface area contributed by atoms with E-state index in [4.69, 9.17) is 40.5 Å². The smallest absolute Gasteiger partial charge is 0.161 e. The first-order chi connectivity index (χ1) is 19.1. The molecule has 0 radical (unpaired) electrons. The summed E-state index contributed by atoms with van der Waals surface area (Å²) in [5.41, 5.74) is 14.5. The van der Waals surface area contributed by atoms with Gasteiger partial charge in [-0.3, -0.25) is 9.69 Å². The standard InChI is InChI=1S/C32H28Cl3N3OS/c1-17-7-9-22(14-26(17)35)38-27-5-4-6-28(39)31(27)30(24(15-36)32(38)37)23-12-20(18(2)11-19(23)3)16-40-29-13-21(33)8-10-25(29)34/h7-14,30H,4-6,16,37H2,1-3H3. The van der Waals surface area contributed by atoms with Gasteiger partial charge in [0.25, 0.3) is 0 Å². The molecule has 8 heteroatoms. The monoisotopic (exact) mass is 607 g/mol. The molecule has 0 amide bonds. The van der Waals surface area contributed by atoms with Gasteiger partial charge in [-0.05, 0) is 91.8 Å². The number of hydrogen-bond donors (Lipinski definition) is 1. The minimum atomic E-state index is -0.538. The number of carbonyl (C=O) groups is 1. The minimum absolute atomic E-state index is 0.0521. The van der Waals surface area contributed by atoms with Crippen molar-refractivity contribution in [3.8, 4) is 6.07 Å². The van der Waals surface area contributed by atoms with Gasteiger partial charge in [0.1, 0.15) is 5.82 Å². The lowest BCUT2D eigenvalue weighted by Gasteiger charge is -2.40. The van der Waals surface area contributed by atoms with Gasteiger partial charge >= 0.3 is 0 Å². The number of hydrogen-bond acceptors (Lipinski definition) is 5. The summed E-state index contributed by atoms with van der Waals surface area (Å²) in [6.07, 6.45) is 1.85. The number of aryl methyl sites for hydroxylation is 3. The quantitative estimate of drug-likeness (QED) is 0.293. The number of allylic oxidation sites excluding steroid dienone is 3. The molecule has 2 aliphatic rings. The Morgan fingerprint density at radius 1 is 0.975 bits per heavy atom. The summed E-state index contributed by atoms with van der Waals surface area (Å²) in [5, 5.41) is 12.3. The zero-order valence-electron chi connectivity index (χ0n) is 22.4. The highest BCUT2D eigenvalue weighted by atomic mass is 35.5. The predicted molar refractivity (Wildman–Crippen MR) is 166 cm³/mol. The normalized spacial score (nSPS) is 17.3. The van der Waals surface area contributed by atoms with Crippen molar-refractivity contribution < 1.29 is 4.79 Å². The van der Waals surface area contributed by atoms with Crippen LogP contribution in [0.5, 0.6) is 0 Å². The molecule has 40 heavy (non-hydrogen) atoms. The topological polar surface area (TPSA) is 70.1 Å². The Labute approximate surface area is 254 Å². The van der Waals surface area contributed by atoms with Crippen LogP contribution in [0.2, 0.25) is 15.1 Å². The molecule has 0 saturated heterocycles. The summed E-state index contributed by atoms with van der Waals surface area (Å²) in [5.74, 6) is 0.503. The number of nitriles is 1. The molecular formula is C32H28Cl3N3OS. The van der Waals surface area contributed by atoms with Crippen LogP contribution in [-0.4, -0.2) is 5.78 Å². The number of nitrogens with zero attached hydrogens (tertiary/aromatic N) is 2.